The molecule has 0 aliphatic heterocycles. The predicted octanol–water partition coefficient (Wildman–Crippen LogP) is 5.18. The van der Waals surface area contributed by atoms with Crippen molar-refractivity contribution in [3.05, 3.63) is 53.2 Å². The summed E-state index contributed by atoms with van der Waals surface area (Å²) in [5.74, 6) is 0. The van der Waals surface area contributed by atoms with Gasteiger partial charge in [0.25, 0.3) is 0 Å². The van der Waals surface area contributed by atoms with Crippen molar-refractivity contribution in [2.24, 2.45) is 0 Å². The topological polar surface area (TPSA) is 12.9 Å². The van der Waals surface area contributed by atoms with Gasteiger partial charge in [0.1, 0.15) is 0 Å². The second kappa shape index (κ2) is 3.90. The minimum atomic E-state index is 1.08. The molecule has 0 fully saturated rings. The van der Waals surface area contributed by atoms with Crippen LogP contribution < -0.4 is 0 Å². The Morgan fingerprint density at radius 3 is 2.61 bits per heavy atom. The van der Waals surface area contributed by atoms with E-state index < -0.39 is 0 Å². The van der Waals surface area contributed by atoms with Gasteiger partial charge in [-0.15, -0.1) is 22.7 Å². The highest BCUT2D eigenvalue weighted by Crippen LogP contribution is 2.37. The molecule has 3 heteroatoms. The van der Waals surface area contributed by atoms with Crippen LogP contribution in [0, 0.1) is 0 Å². The van der Waals surface area contributed by atoms with Crippen LogP contribution in [0.1, 0.15) is 0 Å². The van der Waals surface area contributed by atoms with Gasteiger partial charge in [-0.25, -0.2) is 4.98 Å². The smallest absolute Gasteiger partial charge is 0.0987 e. The van der Waals surface area contributed by atoms with Crippen molar-refractivity contribution in [2.45, 2.75) is 0 Å². The van der Waals surface area contributed by atoms with Crippen molar-refractivity contribution in [1.82, 2.24) is 4.98 Å². The maximum Gasteiger partial charge on any atom is 0.0987 e. The average molecular weight is 267 g/mol. The summed E-state index contributed by atoms with van der Waals surface area (Å²) < 4.78 is 1.29. The lowest BCUT2D eigenvalue weighted by molar-refractivity contribution is 1.46. The van der Waals surface area contributed by atoms with E-state index in [1.165, 1.54) is 20.3 Å². The Morgan fingerprint density at radius 1 is 0.778 bits per heavy atom. The van der Waals surface area contributed by atoms with E-state index in [1.807, 2.05) is 6.07 Å². The standard InChI is InChI=1S/C15H9NS2/c1-2-5-12-10(4-1)11-7-9-18-15(11)14(16-12)13-6-3-8-17-13/h1-9H. The minimum Gasteiger partial charge on any atom is -0.245 e. The van der Waals surface area contributed by atoms with Gasteiger partial charge in [0.2, 0.25) is 0 Å². The molecule has 0 saturated carbocycles. The van der Waals surface area contributed by atoms with Crippen molar-refractivity contribution in [2.75, 3.05) is 0 Å². The summed E-state index contributed by atoms with van der Waals surface area (Å²) in [4.78, 5) is 6.08. The lowest BCUT2D eigenvalue weighted by Crippen LogP contribution is -1.84. The van der Waals surface area contributed by atoms with E-state index in [0.717, 1.165) is 11.2 Å². The van der Waals surface area contributed by atoms with Crippen LogP contribution in [-0.4, -0.2) is 4.98 Å². The normalized spacial score (nSPS) is 11.3. The van der Waals surface area contributed by atoms with E-state index in [9.17, 15) is 0 Å². The molecule has 0 unspecified atom stereocenters. The number of hydrogen-bond acceptors (Lipinski definition) is 3. The zero-order valence-corrected chi connectivity index (χ0v) is 11.1. The summed E-state index contributed by atoms with van der Waals surface area (Å²) in [6.45, 7) is 0. The van der Waals surface area contributed by atoms with Gasteiger partial charge in [0.15, 0.2) is 0 Å². The molecule has 0 aliphatic rings. The Balaban J connectivity index is 2.21. The fourth-order valence-electron chi connectivity index (χ4n) is 2.26. The first kappa shape index (κ1) is 10.2. The zero-order valence-electron chi connectivity index (χ0n) is 9.46. The van der Waals surface area contributed by atoms with E-state index in [-0.39, 0.29) is 0 Å². The zero-order chi connectivity index (χ0) is 11.9. The van der Waals surface area contributed by atoms with Crippen LogP contribution >= 0.6 is 22.7 Å². The molecule has 1 nitrogen and oxygen atoms in total. The lowest BCUT2D eigenvalue weighted by atomic mass is 10.1. The van der Waals surface area contributed by atoms with Crippen molar-refractivity contribution in [3.63, 3.8) is 0 Å². The number of para-hydroxylation sites is 1. The van der Waals surface area contributed by atoms with Crippen LogP contribution in [0.15, 0.2) is 53.2 Å². The third-order valence-electron chi connectivity index (χ3n) is 3.06. The van der Waals surface area contributed by atoms with Gasteiger partial charge in [-0.05, 0) is 29.0 Å². The maximum atomic E-state index is 4.84. The van der Waals surface area contributed by atoms with Gasteiger partial charge in [-0.1, -0.05) is 24.3 Å². The molecule has 0 aliphatic carbocycles. The maximum absolute atomic E-state index is 4.84. The van der Waals surface area contributed by atoms with E-state index in [0.29, 0.717) is 0 Å². The van der Waals surface area contributed by atoms with E-state index >= 15 is 0 Å². The molecule has 3 heterocycles. The molecular formula is C15H9NS2. The predicted molar refractivity (Wildman–Crippen MR) is 80.4 cm³/mol. The Kier molecular flexibility index (Phi) is 2.22. The third kappa shape index (κ3) is 1.41. The van der Waals surface area contributed by atoms with Crippen LogP contribution in [0.3, 0.4) is 0 Å². The molecule has 0 spiro atoms. The third-order valence-corrected chi connectivity index (χ3v) is 4.86. The Hall–Kier alpha value is -1.71. The Morgan fingerprint density at radius 2 is 1.72 bits per heavy atom. The van der Waals surface area contributed by atoms with Crippen molar-refractivity contribution >= 4 is 43.7 Å². The number of aromatic nitrogens is 1. The first-order valence-electron chi connectivity index (χ1n) is 5.73. The van der Waals surface area contributed by atoms with Gasteiger partial charge in [0, 0.05) is 10.8 Å². The quantitative estimate of drug-likeness (QED) is 0.463. The Bertz CT molecular complexity index is 828. The molecule has 0 amide bonds. The van der Waals surface area contributed by atoms with Crippen LogP contribution in [0.25, 0.3) is 31.6 Å². The first-order chi connectivity index (χ1) is 8.93. The molecule has 3 aromatic heterocycles. The van der Waals surface area contributed by atoms with E-state index in [1.54, 1.807) is 22.7 Å². The van der Waals surface area contributed by atoms with Gasteiger partial charge in [0.05, 0.1) is 20.8 Å². The van der Waals surface area contributed by atoms with Crippen molar-refractivity contribution in [1.29, 1.82) is 0 Å². The van der Waals surface area contributed by atoms with Crippen molar-refractivity contribution in [3.8, 4) is 10.6 Å². The number of rotatable bonds is 1. The van der Waals surface area contributed by atoms with Gasteiger partial charge in [-0.2, -0.15) is 0 Å². The molecule has 1 aromatic carbocycles. The van der Waals surface area contributed by atoms with Gasteiger partial charge < -0.3 is 0 Å². The van der Waals surface area contributed by atoms with E-state index in [4.69, 9.17) is 4.98 Å². The summed E-state index contributed by atoms with van der Waals surface area (Å²) >= 11 is 3.52. The summed E-state index contributed by atoms with van der Waals surface area (Å²) in [5, 5.41) is 6.81. The summed E-state index contributed by atoms with van der Waals surface area (Å²) in [7, 11) is 0. The fourth-order valence-corrected chi connectivity index (χ4v) is 3.95. The molecule has 0 bridgehead atoms. The molecule has 18 heavy (non-hydrogen) atoms. The summed E-state index contributed by atoms with van der Waals surface area (Å²) in [6.07, 6.45) is 0. The summed E-state index contributed by atoms with van der Waals surface area (Å²) in [5.41, 5.74) is 2.19. The molecule has 0 N–H and O–H groups in total. The molecule has 86 valence electrons. The molecule has 0 saturated heterocycles. The van der Waals surface area contributed by atoms with Crippen LogP contribution in [0.5, 0.6) is 0 Å². The second-order valence-corrected chi connectivity index (χ2v) is 5.98. The average Bonchev–Trinajstić information content (AvgIpc) is 3.09. The summed E-state index contributed by atoms with van der Waals surface area (Å²) in [6, 6.07) is 14.8. The second-order valence-electron chi connectivity index (χ2n) is 4.12. The van der Waals surface area contributed by atoms with Crippen LogP contribution in [-0.2, 0) is 0 Å². The number of pyridine rings is 1. The molecule has 0 radical (unpaired) electrons. The highest BCUT2D eigenvalue weighted by atomic mass is 32.1. The van der Waals surface area contributed by atoms with Gasteiger partial charge >= 0.3 is 0 Å². The number of fused-ring (bicyclic) bond motifs is 3. The van der Waals surface area contributed by atoms with Crippen LogP contribution in [0.4, 0.5) is 0 Å². The number of hydrogen-bond donors (Lipinski definition) is 0. The van der Waals surface area contributed by atoms with Gasteiger partial charge in [-0.3, -0.25) is 0 Å². The number of thiophene rings is 2. The monoisotopic (exact) mass is 267 g/mol. The number of nitrogens with zero attached hydrogens (tertiary/aromatic N) is 1. The fraction of sp³-hybridized carbons (Fsp3) is 0. The molecular weight excluding hydrogens is 258 g/mol. The van der Waals surface area contributed by atoms with Crippen LogP contribution in [0.2, 0.25) is 0 Å². The highest BCUT2D eigenvalue weighted by molar-refractivity contribution is 7.19. The highest BCUT2D eigenvalue weighted by Gasteiger charge is 2.11. The minimum absolute atomic E-state index is 1.08. The number of benzene rings is 1. The SMILES string of the molecule is c1csc(-c2nc3ccccc3c3ccsc23)c1. The first-order valence-corrected chi connectivity index (χ1v) is 7.49. The molecule has 4 aromatic rings. The Labute approximate surface area is 112 Å². The van der Waals surface area contributed by atoms with E-state index in [2.05, 4.69) is 47.2 Å². The van der Waals surface area contributed by atoms with Crippen molar-refractivity contribution < 1.29 is 0 Å². The lowest BCUT2D eigenvalue weighted by Gasteiger charge is -2.04. The largest absolute Gasteiger partial charge is 0.245 e. The molecule has 0 atom stereocenters. The molecule has 4 rings (SSSR count).